The number of nitrogens with zero attached hydrogens (tertiary/aromatic N) is 2. The molecule has 0 atom stereocenters. The standard InChI is InChI=1S/C16H24N2O6S2/c1-17(13-10-16(19)24-2)25(20,21)14-6-8-15(9-7-14)26(22,23)18-11-4-3-5-12-18/h6-9H,3-5,10-13H2,1-2H3. The zero-order valence-electron chi connectivity index (χ0n) is 14.9. The lowest BCUT2D eigenvalue weighted by Crippen LogP contribution is -2.35. The van der Waals surface area contributed by atoms with Crippen LogP contribution in [-0.2, 0) is 29.6 Å². The number of carbonyl (C=O) groups is 1. The minimum atomic E-state index is -3.81. The van der Waals surface area contributed by atoms with Crippen molar-refractivity contribution in [1.82, 2.24) is 8.61 Å². The minimum Gasteiger partial charge on any atom is -0.469 e. The molecule has 0 radical (unpaired) electrons. The van der Waals surface area contributed by atoms with Crippen molar-refractivity contribution in [2.24, 2.45) is 0 Å². The zero-order chi connectivity index (χ0) is 19.4. The van der Waals surface area contributed by atoms with Gasteiger partial charge in [-0.15, -0.1) is 0 Å². The largest absolute Gasteiger partial charge is 0.469 e. The number of methoxy groups -OCH3 is 1. The van der Waals surface area contributed by atoms with E-state index in [9.17, 15) is 21.6 Å². The maximum Gasteiger partial charge on any atom is 0.306 e. The highest BCUT2D eigenvalue weighted by atomic mass is 32.2. The van der Waals surface area contributed by atoms with Crippen molar-refractivity contribution in [2.45, 2.75) is 35.5 Å². The maximum atomic E-state index is 12.6. The van der Waals surface area contributed by atoms with Crippen molar-refractivity contribution < 1.29 is 26.4 Å². The van der Waals surface area contributed by atoms with Crippen LogP contribution < -0.4 is 0 Å². The number of hydrogen-bond acceptors (Lipinski definition) is 6. The van der Waals surface area contributed by atoms with Crippen LogP contribution in [0.3, 0.4) is 0 Å². The van der Waals surface area contributed by atoms with Crippen LogP contribution in [0.2, 0.25) is 0 Å². The molecule has 10 heteroatoms. The highest BCUT2D eigenvalue weighted by Gasteiger charge is 2.27. The van der Waals surface area contributed by atoms with Crippen LogP contribution >= 0.6 is 0 Å². The second-order valence-corrected chi connectivity index (χ2v) is 10.1. The van der Waals surface area contributed by atoms with Gasteiger partial charge in [0.2, 0.25) is 20.0 Å². The van der Waals surface area contributed by atoms with Crippen LogP contribution in [0, 0.1) is 0 Å². The summed E-state index contributed by atoms with van der Waals surface area (Å²) in [5, 5.41) is 0. The van der Waals surface area contributed by atoms with Crippen LogP contribution in [0.1, 0.15) is 25.7 Å². The van der Waals surface area contributed by atoms with Crippen molar-refractivity contribution >= 4 is 26.0 Å². The van der Waals surface area contributed by atoms with E-state index >= 15 is 0 Å². The predicted molar refractivity (Wildman–Crippen MR) is 95.5 cm³/mol. The van der Waals surface area contributed by atoms with Crippen molar-refractivity contribution in [3.63, 3.8) is 0 Å². The Bertz CT molecular complexity index is 828. The lowest BCUT2D eigenvalue weighted by atomic mass is 10.2. The lowest BCUT2D eigenvalue weighted by molar-refractivity contribution is -0.140. The quantitative estimate of drug-likeness (QED) is 0.630. The van der Waals surface area contributed by atoms with Crippen LogP contribution in [0.5, 0.6) is 0 Å². The van der Waals surface area contributed by atoms with E-state index in [1.54, 1.807) is 0 Å². The summed E-state index contributed by atoms with van der Waals surface area (Å²) in [6.45, 7) is 0.945. The number of hydrogen-bond donors (Lipinski definition) is 0. The van der Waals surface area contributed by atoms with Gasteiger partial charge in [-0.2, -0.15) is 4.31 Å². The summed E-state index contributed by atoms with van der Waals surface area (Å²) in [5.41, 5.74) is 0. The van der Waals surface area contributed by atoms with Crippen molar-refractivity contribution in [1.29, 1.82) is 0 Å². The molecule has 1 aliphatic heterocycles. The molecule has 1 heterocycles. The van der Waals surface area contributed by atoms with Gasteiger partial charge in [0, 0.05) is 26.7 Å². The van der Waals surface area contributed by atoms with Gasteiger partial charge in [0.05, 0.1) is 23.3 Å². The number of carbonyl (C=O) groups excluding carboxylic acids is 1. The molecule has 0 N–H and O–H groups in total. The molecule has 1 saturated heterocycles. The third-order valence-corrected chi connectivity index (χ3v) is 8.13. The molecular formula is C16H24N2O6S2. The molecule has 0 amide bonds. The minimum absolute atomic E-state index is 0.0250. The summed E-state index contributed by atoms with van der Waals surface area (Å²) in [6.07, 6.45) is 2.61. The van der Waals surface area contributed by atoms with Crippen molar-refractivity contribution in [2.75, 3.05) is 33.8 Å². The molecule has 0 bridgehead atoms. The fourth-order valence-corrected chi connectivity index (χ4v) is 5.38. The summed E-state index contributed by atoms with van der Waals surface area (Å²) in [7, 11) is -4.83. The van der Waals surface area contributed by atoms with Crippen LogP contribution in [0.15, 0.2) is 34.1 Å². The topological polar surface area (TPSA) is 101 Å². The molecule has 1 aromatic carbocycles. The fraction of sp³-hybridized carbons (Fsp3) is 0.562. The molecule has 1 aromatic rings. The Morgan fingerprint density at radius 2 is 1.58 bits per heavy atom. The van der Waals surface area contributed by atoms with Gasteiger partial charge in [0.25, 0.3) is 0 Å². The van der Waals surface area contributed by atoms with E-state index in [4.69, 9.17) is 0 Å². The Balaban J connectivity index is 2.16. The average Bonchev–Trinajstić information content (AvgIpc) is 2.66. The van der Waals surface area contributed by atoms with Gasteiger partial charge >= 0.3 is 5.97 Å². The van der Waals surface area contributed by atoms with Crippen LogP contribution in [0.4, 0.5) is 0 Å². The molecule has 0 unspecified atom stereocenters. The zero-order valence-corrected chi connectivity index (χ0v) is 16.6. The van der Waals surface area contributed by atoms with E-state index in [2.05, 4.69) is 4.74 Å². The first kappa shape index (κ1) is 20.8. The molecule has 1 aliphatic rings. The van der Waals surface area contributed by atoms with Crippen LogP contribution in [0.25, 0.3) is 0 Å². The summed E-state index contributed by atoms with van der Waals surface area (Å²) in [5.74, 6) is -0.505. The summed E-state index contributed by atoms with van der Waals surface area (Å²) < 4.78 is 57.2. The van der Waals surface area contributed by atoms with E-state index in [0.717, 1.165) is 23.6 Å². The Morgan fingerprint density at radius 1 is 1.04 bits per heavy atom. The average molecular weight is 405 g/mol. The van der Waals surface area contributed by atoms with E-state index < -0.39 is 26.0 Å². The molecular weight excluding hydrogens is 380 g/mol. The molecule has 146 valence electrons. The summed E-state index contributed by atoms with van der Waals surface area (Å²) in [4.78, 5) is 11.2. The number of rotatable bonds is 7. The van der Waals surface area contributed by atoms with E-state index in [1.165, 1.54) is 42.7 Å². The van der Waals surface area contributed by atoms with Crippen molar-refractivity contribution in [3.05, 3.63) is 24.3 Å². The third kappa shape index (κ3) is 4.61. The van der Waals surface area contributed by atoms with E-state index in [1.807, 2.05) is 0 Å². The van der Waals surface area contributed by atoms with E-state index in [-0.39, 0.29) is 22.8 Å². The number of esters is 1. The van der Waals surface area contributed by atoms with Gasteiger partial charge < -0.3 is 4.74 Å². The monoisotopic (exact) mass is 404 g/mol. The van der Waals surface area contributed by atoms with Crippen molar-refractivity contribution in [3.8, 4) is 0 Å². The Kier molecular flexibility index (Phi) is 6.78. The first-order valence-electron chi connectivity index (χ1n) is 8.33. The van der Waals surface area contributed by atoms with Gasteiger partial charge in [-0.25, -0.2) is 21.1 Å². The molecule has 2 rings (SSSR count). The third-order valence-electron chi connectivity index (χ3n) is 4.34. The smallest absolute Gasteiger partial charge is 0.306 e. The predicted octanol–water partition coefficient (Wildman–Crippen LogP) is 1.04. The first-order valence-corrected chi connectivity index (χ1v) is 11.2. The molecule has 0 spiro atoms. The van der Waals surface area contributed by atoms with Gasteiger partial charge in [-0.1, -0.05) is 6.42 Å². The molecule has 0 saturated carbocycles. The molecule has 0 aromatic heterocycles. The van der Waals surface area contributed by atoms with E-state index in [0.29, 0.717) is 13.1 Å². The fourth-order valence-electron chi connectivity index (χ4n) is 2.69. The second kappa shape index (κ2) is 8.47. The summed E-state index contributed by atoms with van der Waals surface area (Å²) in [6, 6.07) is 5.18. The maximum absolute atomic E-state index is 12.6. The Morgan fingerprint density at radius 3 is 2.12 bits per heavy atom. The van der Waals surface area contributed by atoms with Gasteiger partial charge in [0.15, 0.2) is 0 Å². The number of piperidine rings is 1. The van der Waals surface area contributed by atoms with Gasteiger partial charge in [-0.05, 0) is 37.1 Å². The SMILES string of the molecule is COC(=O)CCN(C)S(=O)(=O)c1ccc(S(=O)(=O)N2CCCCC2)cc1. The summed E-state index contributed by atoms with van der Waals surface area (Å²) >= 11 is 0. The van der Waals surface area contributed by atoms with Crippen LogP contribution in [-0.4, -0.2) is 65.2 Å². The number of sulfonamides is 2. The Hall–Kier alpha value is -1.49. The second-order valence-electron chi connectivity index (χ2n) is 6.09. The highest BCUT2D eigenvalue weighted by Crippen LogP contribution is 2.23. The highest BCUT2D eigenvalue weighted by molar-refractivity contribution is 7.89. The lowest BCUT2D eigenvalue weighted by Gasteiger charge is -2.26. The molecule has 1 fully saturated rings. The molecule has 0 aliphatic carbocycles. The normalized spacial score (nSPS) is 16.6. The number of ether oxygens (including phenoxy) is 1. The first-order chi connectivity index (χ1) is 12.2. The Labute approximate surface area is 154 Å². The number of benzene rings is 1. The van der Waals surface area contributed by atoms with Gasteiger partial charge in [-0.3, -0.25) is 4.79 Å². The molecule has 26 heavy (non-hydrogen) atoms. The van der Waals surface area contributed by atoms with Gasteiger partial charge in [0.1, 0.15) is 0 Å². The molecule has 8 nitrogen and oxygen atoms in total.